The van der Waals surface area contributed by atoms with Crippen molar-refractivity contribution in [2.24, 2.45) is 5.73 Å². The van der Waals surface area contributed by atoms with Gasteiger partial charge in [0.25, 0.3) is 0 Å². The zero-order valence-corrected chi connectivity index (χ0v) is 16.7. The molecule has 25 heavy (non-hydrogen) atoms. The lowest BCUT2D eigenvalue weighted by Crippen LogP contribution is -2.54. The number of halogens is 3. The van der Waals surface area contributed by atoms with E-state index >= 15 is 0 Å². The first-order valence-electron chi connectivity index (χ1n) is 8.20. The molecule has 2 aliphatic rings. The predicted octanol–water partition coefficient (Wildman–Crippen LogP) is 3.16. The molecule has 1 aromatic rings. The lowest BCUT2D eigenvalue weighted by atomic mass is 9.97. The largest absolute Gasteiger partial charge is 0.495 e. The number of carbonyl (C=O) groups is 1. The highest BCUT2D eigenvalue weighted by Crippen LogP contribution is 2.33. The molecule has 1 aromatic carbocycles. The van der Waals surface area contributed by atoms with Gasteiger partial charge in [0.1, 0.15) is 5.75 Å². The average Bonchev–Trinajstić information content (AvgIpc) is 3.17. The summed E-state index contributed by atoms with van der Waals surface area (Å²) in [5, 5.41) is 3.81. The second-order valence-electron chi connectivity index (χ2n) is 6.58. The number of nitrogens with one attached hydrogen (secondary N) is 1. The number of benzene rings is 1. The van der Waals surface area contributed by atoms with Gasteiger partial charge >= 0.3 is 0 Å². The highest BCUT2D eigenvalue weighted by Gasteiger charge is 2.38. The molecule has 0 bridgehead atoms. The third-order valence-corrected chi connectivity index (χ3v) is 5.19. The molecule has 3 rings (SSSR count). The molecule has 0 aromatic heterocycles. The molecule has 1 aliphatic heterocycles. The van der Waals surface area contributed by atoms with Gasteiger partial charge in [0.15, 0.2) is 0 Å². The van der Waals surface area contributed by atoms with Crippen LogP contribution >= 0.6 is 36.4 Å². The molecule has 1 saturated carbocycles. The van der Waals surface area contributed by atoms with Crippen molar-refractivity contribution in [2.45, 2.75) is 43.7 Å². The summed E-state index contributed by atoms with van der Waals surface area (Å²) in [6, 6.07) is 5.72. The number of methoxy groups -OCH3 is 1. The van der Waals surface area contributed by atoms with Crippen molar-refractivity contribution in [2.75, 3.05) is 25.1 Å². The molecule has 1 aliphatic carbocycles. The monoisotopic (exact) mass is 409 g/mol. The number of nitrogens with zero attached hydrogens (tertiary/aromatic N) is 1. The summed E-state index contributed by atoms with van der Waals surface area (Å²) in [6.45, 7) is 1.61. The molecule has 0 radical (unpaired) electrons. The Morgan fingerprint density at radius 3 is 2.68 bits per heavy atom. The number of nitrogens with two attached hydrogens (primary N) is 1. The van der Waals surface area contributed by atoms with Gasteiger partial charge in [-0.05, 0) is 37.5 Å². The summed E-state index contributed by atoms with van der Waals surface area (Å²) in [5.74, 6) is 0.798. The Labute approximate surface area is 166 Å². The lowest BCUT2D eigenvalue weighted by molar-refractivity contribution is -0.126. The Morgan fingerprint density at radius 2 is 2.04 bits per heavy atom. The van der Waals surface area contributed by atoms with E-state index in [4.69, 9.17) is 22.1 Å². The van der Waals surface area contributed by atoms with E-state index in [1.165, 1.54) is 0 Å². The van der Waals surface area contributed by atoms with Crippen molar-refractivity contribution < 1.29 is 9.53 Å². The third-order valence-electron chi connectivity index (χ3n) is 4.95. The SMILES string of the molecule is COc1ccc(Cl)cc1N1CCC(NC(=O)C2(N)CCCC2)C1.Cl.Cl. The van der Waals surface area contributed by atoms with Crippen molar-refractivity contribution in [3.63, 3.8) is 0 Å². The quantitative estimate of drug-likeness (QED) is 0.800. The topological polar surface area (TPSA) is 67.6 Å². The summed E-state index contributed by atoms with van der Waals surface area (Å²) in [7, 11) is 1.65. The summed E-state index contributed by atoms with van der Waals surface area (Å²) in [4.78, 5) is 14.6. The lowest BCUT2D eigenvalue weighted by Gasteiger charge is -2.25. The fourth-order valence-electron chi connectivity index (χ4n) is 3.57. The van der Waals surface area contributed by atoms with Crippen LogP contribution in [0.1, 0.15) is 32.1 Å². The molecular weight excluding hydrogens is 385 g/mol. The Kier molecular flexibility index (Phi) is 8.13. The van der Waals surface area contributed by atoms with Gasteiger partial charge < -0.3 is 20.7 Å². The van der Waals surface area contributed by atoms with Crippen LogP contribution in [0.3, 0.4) is 0 Å². The second kappa shape index (κ2) is 9.17. The van der Waals surface area contributed by atoms with Crippen molar-refractivity contribution in [3.05, 3.63) is 23.2 Å². The Hall–Kier alpha value is -0.880. The van der Waals surface area contributed by atoms with E-state index in [2.05, 4.69) is 10.2 Å². The summed E-state index contributed by atoms with van der Waals surface area (Å²) < 4.78 is 5.42. The maximum absolute atomic E-state index is 12.4. The highest BCUT2D eigenvalue weighted by molar-refractivity contribution is 6.30. The van der Waals surface area contributed by atoms with E-state index in [0.717, 1.165) is 56.6 Å². The fourth-order valence-corrected chi connectivity index (χ4v) is 3.74. The molecule has 0 spiro atoms. The van der Waals surface area contributed by atoms with E-state index in [1.54, 1.807) is 7.11 Å². The van der Waals surface area contributed by atoms with Gasteiger partial charge in [-0.3, -0.25) is 4.79 Å². The molecule has 1 amide bonds. The van der Waals surface area contributed by atoms with Gasteiger partial charge in [0.05, 0.1) is 18.3 Å². The highest BCUT2D eigenvalue weighted by atomic mass is 35.5. The molecule has 8 heteroatoms. The van der Waals surface area contributed by atoms with Gasteiger partial charge in [-0.2, -0.15) is 0 Å². The molecule has 2 fully saturated rings. The fraction of sp³-hybridized carbons (Fsp3) is 0.588. The van der Waals surface area contributed by atoms with Crippen molar-refractivity contribution in [1.29, 1.82) is 0 Å². The number of rotatable bonds is 4. The normalized spacial score (nSPS) is 21.2. The van der Waals surface area contributed by atoms with Crippen LogP contribution in [0.5, 0.6) is 5.75 Å². The number of carbonyl (C=O) groups excluding carboxylic acids is 1. The maximum Gasteiger partial charge on any atom is 0.240 e. The van der Waals surface area contributed by atoms with E-state index in [9.17, 15) is 4.79 Å². The zero-order valence-electron chi connectivity index (χ0n) is 14.3. The average molecular weight is 411 g/mol. The first-order valence-corrected chi connectivity index (χ1v) is 8.58. The Morgan fingerprint density at radius 1 is 1.36 bits per heavy atom. The molecule has 3 N–H and O–H groups in total. The van der Waals surface area contributed by atoms with Crippen LogP contribution in [0.4, 0.5) is 5.69 Å². The molecule has 5 nitrogen and oxygen atoms in total. The first-order chi connectivity index (χ1) is 11.0. The first kappa shape index (κ1) is 22.2. The van der Waals surface area contributed by atoms with Gasteiger partial charge in [0, 0.05) is 24.2 Å². The van der Waals surface area contributed by atoms with Crippen LogP contribution < -0.4 is 20.7 Å². The molecule has 1 saturated heterocycles. The minimum Gasteiger partial charge on any atom is -0.495 e. The van der Waals surface area contributed by atoms with E-state index in [1.807, 2.05) is 18.2 Å². The Balaban J connectivity index is 0.00000156. The molecular formula is C17H26Cl3N3O2. The number of hydrogen-bond acceptors (Lipinski definition) is 4. The molecule has 1 heterocycles. The van der Waals surface area contributed by atoms with Crippen LogP contribution in [0, 0.1) is 0 Å². The summed E-state index contributed by atoms with van der Waals surface area (Å²) in [5.41, 5.74) is 6.54. The molecule has 1 unspecified atom stereocenters. The van der Waals surface area contributed by atoms with Crippen LogP contribution in [0.2, 0.25) is 5.02 Å². The van der Waals surface area contributed by atoms with Gasteiger partial charge in [-0.15, -0.1) is 24.8 Å². The smallest absolute Gasteiger partial charge is 0.240 e. The van der Waals surface area contributed by atoms with Crippen molar-refractivity contribution in [1.82, 2.24) is 5.32 Å². The molecule has 1 atom stereocenters. The summed E-state index contributed by atoms with van der Waals surface area (Å²) in [6.07, 6.45) is 4.56. The van der Waals surface area contributed by atoms with Gasteiger partial charge in [-0.1, -0.05) is 24.4 Å². The summed E-state index contributed by atoms with van der Waals surface area (Å²) >= 11 is 6.11. The van der Waals surface area contributed by atoms with Gasteiger partial charge in [0.2, 0.25) is 5.91 Å². The number of anilines is 1. The van der Waals surface area contributed by atoms with E-state index in [-0.39, 0.29) is 36.8 Å². The van der Waals surface area contributed by atoms with Crippen LogP contribution in [0.15, 0.2) is 18.2 Å². The van der Waals surface area contributed by atoms with Crippen molar-refractivity contribution >= 4 is 48.0 Å². The van der Waals surface area contributed by atoms with Crippen LogP contribution in [0.25, 0.3) is 0 Å². The third kappa shape index (κ3) is 4.85. The van der Waals surface area contributed by atoms with Crippen LogP contribution in [-0.2, 0) is 4.79 Å². The molecule has 142 valence electrons. The Bertz CT molecular complexity index is 595. The standard InChI is InChI=1S/C17H24ClN3O2.2ClH/c1-23-15-5-4-12(18)10-14(15)21-9-6-13(11-21)20-16(22)17(19)7-2-3-8-17;;/h4-5,10,13H,2-3,6-9,11,19H2,1H3,(H,20,22);2*1H. The van der Waals surface area contributed by atoms with Gasteiger partial charge in [-0.25, -0.2) is 0 Å². The van der Waals surface area contributed by atoms with Crippen molar-refractivity contribution in [3.8, 4) is 5.75 Å². The maximum atomic E-state index is 12.4. The second-order valence-corrected chi connectivity index (χ2v) is 7.02. The number of amides is 1. The zero-order chi connectivity index (χ0) is 16.4. The predicted molar refractivity (Wildman–Crippen MR) is 107 cm³/mol. The van der Waals surface area contributed by atoms with E-state index < -0.39 is 5.54 Å². The minimum atomic E-state index is -0.666. The van der Waals surface area contributed by atoms with Crippen LogP contribution in [-0.4, -0.2) is 37.7 Å². The number of ether oxygens (including phenoxy) is 1. The van der Waals surface area contributed by atoms with E-state index in [0.29, 0.717) is 5.02 Å². The number of hydrogen-bond donors (Lipinski definition) is 2. The minimum absolute atomic E-state index is 0.